The summed E-state index contributed by atoms with van der Waals surface area (Å²) in [5.74, 6) is -0.532. The van der Waals surface area contributed by atoms with E-state index in [9.17, 15) is 44.0 Å². The lowest BCUT2D eigenvalue weighted by Gasteiger charge is -2.28. The van der Waals surface area contributed by atoms with Gasteiger partial charge >= 0.3 is 0 Å². The minimum atomic E-state index is -4.94. The Kier molecular flexibility index (Phi) is 4.05. The molecule has 4 N–H and O–H groups in total. The van der Waals surface area contributed by atoms with E-state index in [1.165, 1.54) is 24.3 Å². The molecular formula is C16H12O10S3. The number of aliphatic hydroxyl groups excluding tert-OH is 1. The van der Waals surface area contributed by atoms with Gasteiger partial charge in [0, 0.05) is 11.1 Å². The Balaban J connectivity index is 2.25. The quantitative estimate of drug-likeness (QED) is 0.493. The van der Waals surface area contributed by atoms with Crippen molar-refractivity contribution in [2.75, 3.05) is 0 Å². The highest BCUT2D eigenvalue weighted by Gasteiger charge is 2.38. The molecule has 2 unspecified atom stereocenters. The first-order valence-corrected chi connectivity index (χ1v) is 12.3. The Bertz CT molecular complexity index is 1480. The zero-order chi connectivity index (χ0) is 21.5. The molecule has 0 aliphatic heterocycles. The largest absolute Gasteiger partial charge is 0.508 e. The molecule has 0 heterocycles. The predicted octanol–water partition coefficient (Wildman–Crippen LogP) is 1.85. The molecule has 154 valence electrons. The van der Waals surface area contributed by atoms with Gasteiger partial charge in [0.05, 0.1) is 4.91 Å². The van der Waals surface area contributed by atoms with Gasteiger partial charge in [-0.3, -0.25) is 13.7 Å². The molecule has 13 heteroatoms. The fraction of sp³-hybridized carbons (Fsp3) is 0.125. The summed E-state index contributed by atoms with van der Waals surface area (Å²) in [6.07, 6.45) is 1.56. The van der Waals surface area contributed by atoms with Crippen LogP contribution in [-0.2, 0) is 30.4 Å². The second-order valence-electron chi connectivity index (χ2n) is 6.58. The maximum atomic E-state index is 11.9. The van der Waals surface area contributed by atoms with Crippen molar-refractivity contribution in [3.05, 3.63) is 58.7 Å². The van der Waals surface area contributed by atoms with Gasteiger partial charge in [-0.05, 0) is 40.1 Å². The zero-order valence-corrected chi connectivity index (χ0v) is 16.5. The summed E-state index contributed by atoms with van der Waals surface area (Å²) in [5, 5.41) is 6.59. The average Bonchev–Trinajstić information content (AvgIpc) is 2.57. The second-order valence-corrected chi connectivity index (χ2v) is 11.0. The standard InChI is InChI=1S/C16H12O10S3/c17-11-5-12(27(18,19)20)8-3-4-10-14(29(24,25)26)6-13(28(21,22)23)9-2-1-7(11)15(8)16(9)10/h1-6,12,14,17H,(H,18,19,20)(H,21,22,23)(H,24,25,26). The van der Waals surface area contributed by atoms with Gasteiger partial charge in [-0.15, -0.1) is 0 Å². The highest BCUT2D eigenvalue weighted by Crippen LogP contribution is 2.48. The molecule has 10 nitrogen and oxygen atoms in total. The first-order chi connectivity index (χ1) is 13.2. The lowest BCUT2D eigenvalue weighted by atomic mass is 9.84. The molecule has 0 saturated heterocycles. The number of aliphatic hydroxyl groups is 1. The molecule has 0 amide bonds. The SMILES string of the molecule is O=S(=O)(O)C1=CC(S(=O)(=O)O)c2ccc3c4c(ccc1c24)C(O)=CC3S(=O)(=O)O. The lowest BCUT2D eigenvalue weighted by molar-refractivity contribution is 0.471. The van der Waals surface area contributed by atoms with Crippen molar-refractivity contribution in [1.82, 2.24) is 0 Å². The van der Waals surface area contributed by atoms with E-state index >= 15 is 0 Å². The van der Waals surface area contributed by atoms with Gasteiger partial charge in [0.1, 0.15) is 16.3 Å². The van der Waals surface area contributed by atoms with Crippen LogP contribution < -0.4 is 0 Å². The molecule has 0 aromatic heterocycles. The van der Waals surface area contributed by atoms with E-state index in [4.69, 9.17) is 0 Å². The van der Waals surface area contributed by atoms with E-state index in [0.29, 0.717) is 6.08 Å². The molecule has 0 radical (unpaired) electrons. The van der Waals surface area contributed by atoms with Gasteiger partial charge in [0.2, 0.25) is 0 Å². The summed E-state index contributed by atoms with van der Waals surface area (Å²) >= 11 is 0. The van der Waals surface area contributed by atoms with Crippen LogP contribution in [0.5, 0.6) is 0 Å². The normalized spacial score (nSPS) is 21.6. The molecule has 29 heavy (non-hydrogen) atoms. The molecular weight excluding hydrogens is 448 g/mol. The molecule has 0 fully saturated rings. The minimum Gasteiger partial charge on any atom is -0.508 e. The van der Waals surface area contributed by atoms with Gasteiger partial charge in [-0.2, -0.15) is 25.3 Å². The van der Waals surface area contributed by atoms with Crippen molar-refractivity contribution in [1.29, 1.82) is 0 Å². The van der Waals surface area contributed by atoms with Crippen molar-refractivity contribution in [3.8, 4) is 0 Å². The van der Waals surface area contributed by atoms with Crippen LogP contribution in [0.3, 0.4) is 0 Å². The lowest BCUT2D eigenvalue weighted by Crippen LogP contribution is -2.20. The third kappa shape index (κ3) is 2.97. The van der Waals surface area contributed by atoms with Crippen molar-refractivity contribution < 1.29 is 44.0 Å². The molecule has 0 bridgehead atoms. The smallest absolute Gasteiger partial charge is 0.294 e. The Labute approximate surface area is 165 Å². The Hall–Kier alpha value is -2.29. The van der Waals surface area contributed by atoms with Crippen molar-refractivity contribution in [2.24, 2.45) is 0 Å². The predicted molar refractivity (Wildman–Crippen MR) is 103 cm³/mol. The summed E-state index contributed by atoms with van der Waals surface area (Å²) in [5.41, 5.74) is -0.205. The van der Waals surface area contributed by atoms with Crippen molar-refractivity contribution in [3.63, 3.8) is 0 Å². The van der Waals surface area contributed by atoms with Crippen LogP contribution in [0.15, 0.2) is 36.4 Å². The van der Waals surface area contributed by atoms with Gasteiger partial charge < -0.3 is 5.11 Å². The molecule has 2 aliphatic rings. The molecule has 0 saturated carbocycles. The third-order valence-electron chi connectivity index (χ3n) is 4.91. The first kappa shape index (κ1) is 20.0. The maximum Gasteiger partial charge on any atom is 0.294 e. The van der Waals surface area contributed by atoms with Crippen LogP contribution in [0.25, 0.3) is 21.4 Å². The topological polar surface area (TPSA) is 183 Å². The van der Waals surface area contributed by atoms with E-state index in [1.54, 1.807) is 0 Å². The monoisotopic (exact) mass is 460 g/mol. The van der Waals surface area contributed by atoms with Crippen molar-refractivity contribution in [2.45, 2.75) is 10.5 Å². The summed E-state index contributed by atoms with van der Waals surface area (Å²) < 4.78 is 99.8. The fourth-order valence-corrected chi connectivity index (χ4v) is 6.29. The van der Waals surface area contributed by atoms with Gasteiger partial charge in [0.15, 0.2) is 0 Å². The van der Waals surface area contributed by atoms with E-state index < -0.39 is 51.5 Å². The number of benzene rings is 2. The third-order valence-corrected chi connectivity index (χ3v) is 7.89. The van der Waals surface area contributed by atoms with Gasteiger partial charge in [0.25, 0.3) is 30.4 Å². The molecule has 2 aromatic carbocycles. The van der Waals surface area contributed by atoms with Crippen LogP contribution in [0.1, 0.15) is 32.8 Å². The summed E-state index contributed by atoms with van der Waals surface area (Å²) in [6.45, 7) is 0. The molecule has 2 atom stereocenters. The zero-order valence-electron chi connectivity index (χ0n) is 14.1. The van der Waals surface area contributed by atoms with E-state index in [2.05, 4.69) is 0 Å². The van der Waals surface area contributed by atoms with E-state index in [0.717, 1.165) is 6.08 Å². The second kappa shape index (κ2) is 5.87. The molecule has 2 aromatic rings. The maximum absolute atomic E-state index is 11.9. The number of rotatable bonds is 3. The molecule has 2 aliphatic carbocycles. The summed E-state index contributed by atoms with van der Waals surface area (Å²) in [7, 11) is -14.5. The van der Waals surface area contributed by atoms with Crippen LogP contribution in [-0.4, -0.2) is 44.0 Å². The minimum absolute atomic E-state index is 0.0227. The van der Waals surface area contributed by atoms with Crippen LogP contribution >= 0.6 is 0 Å². The highest BCUT2D eigenvalue weighted by atomic mass is 32.2. The first-order valence-electron chi connectivity index (χ1n) is 7.84. The van der Waals surface area contributed by atoms with Crippen LogP contribution in [0.4, 0.5) is 0 Å². The summed E-state index contributed by atoms with van der Waals surface area (Å²) in [6, 6.07) is 4.86. The molecule has 4 rings (SSSR count). The number of hydrogen-bond donors (Lipinski definition) is 4. The Morgan fingerprint density at radius 2 is 1.10 bits per heavy atom. The average molecular weight is 460 g/mol. The van der Waals surface area contributed by atoms with Crippen LogP contribution in [0, 0.1) is 0 Å². The molecule has 0 spiro atoms. The Morgan fingerprint density at radius 1 is 0.655 bits per heavy atom. The Morgan fingerprint density at radius 3 is 1.59 bits per heavy atom. The highest BCUT2D eigenvalue weighted by molar-refractivity contribution is 7.95. The summed E-state index contributed by atoms with van der Waals surface area (Å²) in [4.78, 5) is -0.797. The van der Waals surface area contributed by atoms with Gasteiger partial charge in [-0.1, -0.05) is 18.2 Å². The van der Waals surface area contributed by atoms with Gasteiger partial charge in [-0.25, -0.2) is 0 Å². The van der Waals surface area contributed by atoms with Crippen LogP contribution in [0.2, 0.25) is 0 Å². The fourth-order valence-electron chi connectivity index (χ4n) is 3.80. The number of hydrogen-bond acceptors (Lipinski definition) is 7. The van der Waals surface area contributed by atoms with Crippen molar-refractivity contribution >= 4 is 51.8 Å². The van der Waals surface area contributed by atoms with E-state index in [1.807, 2.05) is 0 Å². The van der Waals surface area contributed by atoms with E-state index in [-0.39, 0.29) is 33.0 Å².